The fourth-order valence-corrected chi connectivity index (χ4v) is 3.77. The molecule has 0 bridgehead atoms. The second-order valence-corrected chi connectivity index (χ2v) is 9.89. The molecule has 212 valence electrons. The predicted octanol–water partition coefficient (Wildman–Crippen LogP) is 6.48. The number of amides is 2. The molecule has 12 heteroatoms. The van der Waals surface area contributed by atoms with E-state index in [0.29, 0.717) is 20.8 Å². The average Bonchev–Trinajstić information content (AvgIpc) is 2.96. The molecule has 0 saturated carbocycles. The van der Waals surface area contributed by atoms with E-state index in [9.17, 15) is 19.2 Å². The van der Waals surface area contributed by atoms with Crippen molar-refractivity contribution < 1.29 is 28.7 Å². The maximum absolute atomic E-state index is 12.8. The van der Waals surface area contributed by atoms with Crippen LogP contribution < -0.4 is 20.2 Å². The number of hydrogen-bond donors (Lipinski definition) is 2. The third-order valence-corrected chi connectivity index (χ3v) is 6.47. The molecule has 2 N–H and O–H groups in total. The van der Waals surface area contributed by atoms with Crippen LogP contribution in [0.1, 0.15) is 31.8 Å². The third kappa shape index (κ3) is 8.17. The Morgan fingerprint density at radius 1 is 0.714 bits per heavy atom. The number of nitrogens with one attached hydrogen (secondary N) is 2. The zero-order chi connectivity index (χ0) is 30.2. The smallest absolute Gasteiger partial charge is 0.343 e. The van der Waals surface area contributed by atoms with E-state index in [2.05, 4.69) is 15.8 Å². The number of benzene rings is 4. The maximum Gasteiger partial charge on any atom is 0.343 e. The molecule has 0 spiro atoms. The minimum atomic E-state index is -1.06. The topological polar surface area (TPSA) is 123 Å². The first kappa shape index (κ1) is 30.3. The number of hydrogen-bond acceptors (Lipinski definition) is 7. The van der Waals surface area contributed by atoms with Gasteiger partial charge in [-0.15, -0.1) is 0 Å². The van der Waals surface area contributed by atoms with E-state index in [1.54, 1.807) is 31.2 Å². The fraction of sp³-hybridized carbons (Fsp3) is 0.0333. The van der Waals surface area contributed by atoms with Gasteiger partial charge < -0.3 is 14.8 Å². The van der Waals surface area contributed by atoms with Crippen LogP contribution in [0.2, 0.25) is 15.1 Å². The Balaban J connectivity index is 1.51. The van der Waals surface area contributed by atoms with Gasteiger partial charge in [-0.05, 0) is 85.3 Å². The number of nitrogens with zero attached hydrogens (tertiary/aromatic N) is 1. The Kier molecular flexibility index (Phi) is 9.93. The molecule has 0 aliphatic heterocycles. The largest absolute Gasteiger partial charge is 0.423 e. The number of carbonyl (C=O) groups is 4. The van der Waals surface area contributed by atoms with Crippen molar-refractivity contribution in [3.63, 3.8) is 0 Å². The summed E-state index contributed by atoms with van der Waals surface area (Å²) in [5, 5.41) is 7.52. The van der Waals surface area contributed by atoms with E-state index in [1.165, 1.54) is 60.7 Å². The minimum absolute atomic E-state index is 0.0481. The molecule has 0 radical (unpaired) electrons. The summed E-state index contributed by atoms with van der Waals surface area (Å²) >= 11 is 17.8. The fourth-order valence-electron chi connectivity index (χ4n) is 3.34. The van der Waals surface area contributed by atoms with Gasteiger partial charge in [-0.2, -0.15) is 5.10 Å². The monoisotopic (exact) mass is 623 g/mol. The van der Waals surface area contributed by atoms with Crippen molar-refractivity contribution in [1.29, 1.82) is 0 Å². The van der Waals surface area contributed by atoms with Crippen molar-refractivity contribution in [3.05, 3.63) is 122 Å². The van der Waals surface area contributed by atoms with Gasteiger partial charge in [-0.1, -0.05) is 40.9 Å². The number of halogens is 3. The van der Waals surface area contributed by atoms with E-state index >= 15 is 0 Å². The Morgan fingerprint density at radius 3 is 1.90 bits per heavy atom. The molecule has 0 atom stereocenters. The van der Waals surface area contributed by atoms with E-state index in [-0.39, 0.29) is 28.2 Å². The molecule has 0 aliphatic rings. The second kappa shape index (κ2) is 13.8. The molecule has 0 heterocycles. The Hall–Kier alpha value is -4.70. The second-order valence-electron chi connectivity index (χ2n) is 8.61. The first-order valence-corrected chi connectivity index (χ1v) is 13.2. The number of carbonyl (C=O) groups excluding carboxylic acids is 4. The summed E-state index contributed by atoms with van der Waals surface area (Å²) in [5.74, 6) is -3.43. The quantitative estimate of drug-likeness (QED) is 0.0798. The van der Waals surface area contributed by atoms with Gasteiger partial charge in [0, 0.05) is 32.4 Å². The lowest BCUT2D eigenvalue weighted by Crippen LogP contribution is -2.32. The van der Waals surface area contributed by atoms with Crippen molar-refractivity contribution in [2.24, 2.45) is 5.10 Å². The standard InChI is InChI=1S/C30H20Cl3N3O6/c1-17-2-12-23(14-25(17)33)35-27(37)28(38)36-34-16-20-7-13-24(41-29(39)18-3-8-21(31)9-4-18)15-26(20)42-30(40)19-5-10-22(32)11-6-19/h2-16H,1H3,(H,35,37)(H,36,38)/b34-16-. The van der Waals surface area contributed by atoms with Crippen molar-refractivity contribution in [2.75, 3.05) is 5.32 Å². The van der Waals surface area contributed by atoms with Crippen LogP contribution >= 0.6 is 34.8 Å². The lowest BCUT2D eigenvalue weighted by atomic mass is 10.2. The number of hydrazone groups is 1. The summed E-state index contributed by atoms with van der Waals surface area (Å²) in [5.41, 5.74) is 3.91. The molecule has 0 fully saturated rings. The van der Waals surface area contributed by atoms with Crippen LogP contribution in [0, 0.1) is 6.92 Å². The third-order valence-electron chi connectivity index (χ3n) is 5.56. The Bertz CT molecular complexity index is 1690. The van der Waals surface area contributed by atoms with Gasteiger partial charge in [-0.25, -0.2) is 15.0 Å². The van der Waals surface area contributed by atoms with Gasteiger partial charge in [0.05, 0.1) is 17.3 Å². The lowest BCUT2D eigenvalue weighted by molar-refractivity contribution is -0.136. The summed E-state index contributed by atoms with van der Waals surface area (Å²) in [7, 11) is 0. The minimum Gasteiger partial charge on any atom is -0.423 e. The highest BCUT2D eigenvalue weighted by Gasteiger charge is 2.16. The maximum atomic E-state index is 12.8. The van der Waals surface area contributed by atoms with Crippen molar-refractivity contribution in [1.82, 2.24) is 5.43 Å². The van der Waals surface area contributed by atoms with Crippen LogP contribution in [-0.2, 0) is 9.59 Å². The summed E-state index contributed by atoms with van der Waals surface area (Å²) in [4.78, 5) is 49.9. The lowest BCUT2D eigenvalue weighted by Gasteiger charge is -2.11. The summed E-state index contributed by atoms with van der Waals surface area (Å²) in [6.45, 7) is 1.80. The Morgan fingerprint density at radius 2 is 1.31 bits per heavy atom. The highest BCUT2D eigenvalue weighted by molar-refractivity contribution is 6.40. The molecule has 42 heavy (non-hydrogen) atoms. The van der Waals surface area contributed by atoms with Crippen LogP contribution in [0.15, 0.2) is 90.0 Å². The number of esters is 2. The highest BCUT2D eigenvalue weighted by atomic mass is 35.5. The highest BCUT2D eigenvalue weighted by Crippen LogP contribution is 2.26. The first-order valence-electron chi connectivity index (χ1n) is 12.1. The van der Waals surface area contributed by atoms with Gasteiger partial charge in [0.1, 0.15) is 11.5 Å². The summed E-state index contributed by atoms with van der Waals surface area (Å²) in [6.07, 6.45) is 1.16. The van der Waals surface area contributed by atoms with Crippen molar-refractivity contribution >= 4 is 70.5 Å². The molecule has 0 saturated heterocycles. The molecule has 4 rings (SSSR count). The van der Waals surface area contributed by atoms with Gasteiger partial charge in [-0.3, -0.25) is 9.59 Å². The number of ether oxygens (including phenoxy) is 2. The number of rotatable bonds is 7. The van der Waals surface area contributed by atoms with Crippen molar-refractivity contribution in [3.8, 4) is 11.5 Å². The molecule has 4 aromatic carbocycles. The zero-order valence-electron chi connectivity index (χ0n) is 21.7. The van der Waals surface area contributed by atoms with Crippen LogP contribution in [0.25, 0.3) is 0 Å². The van der Waals surface area contributed by atoms with E-state index in [1.807, 2.05) is 0 Å². The molecule has 2 amide bonds. The van der Waals surface area contributed by atoms with Gasteiger partial charge in [0.25, 0.3) is 0 Å². The van der Waals surface area contributed by atoms with Crippen molar-refractivity contribution in [2.45, 2.75) is 6.92 Å². The van der Waals surface area contributed by atoms with Gasteiger partial charge in [0.2, 0.25) is 0 Å². The molecule has 0 unspecified atom stereocenters. The SMILES string of the molecule is Cc1ccc(NC(=O)C(=O)N/N=C\c2ccc(OC(=O)c3ccc(Cl)cc3)cc2OC(=O)c2ccc(Cl)cc2)cc1Cl. The van der Waals surface area contributed by atoms with E-state index in [0.717, 1.165) is 11.8 Å². The molecular formula is C30H20Cl3N3O6. The summed E-state index contributed by atoms with van der Waals surface area (Å²) < 4.78 is 11.0. The number of anilines is 1. The predicted molar refractivity (Wildman–Crippen MR) is 160 cm³/mol. The molecule has 0 aromatic heterocycles. The molecule has 0 aliphatic carbocycles. The van der Waals surface area contributed by atoms with E-state index in [4.69, 9.17) is 44.3 Å². The van der Waals surface area contributed by atoms with Crippen LogP contribution in [0.3, 0.4) is 0 Å². The van der Waals surface area contributed by atoms with Gasteiger partial charge >= 0.3 is 23.8 Å². The summed E-state index contributed by atoms with van der Waals surface area (Å²) in [6, 6.07) is 21.1. The molecular weight excluding hydrogens is 605 g/mol. The molecule has 9 nitrogen and oxygen atoms in total. The number of aryl methyl sites for hydroxylation is 1. The van der Waals surface area contributed by atoms with Crippen LogP contribution in [-0.4, -0.2) is 30.0 Å². The molecule has 4 aromatic rings. The Labute approximate surface area is 255 Å². The normalized spacial score (nSPS) is 10.7. The van der Waals surface area contributed by atoms with Crippen LogP contribution in [0.5, 0.6) is 11.5 Å². The zero-order valence-corrected chi connectivity index (χ0v) is 24.0. The van der Waals surface area contributed by atoms with E-state index < -0.39 is 23.8 Å². The first-order chi connectivity index (χ1) is 20.1. The van der Waals surface area contributed by atoms with Crippen LogP contribution in [0.4, 0.5) is 5.69 Å². The average molecular weight is 625 g/mol. The van der Waals surface area contributed by atoms with Gasteiger partial charge in [0.15, 0.2) is 0 Å².